The smallest absolute Gasteiger partial charge is 0.141 e. The average molecular weight is 253 g/mol. The van der Waals surface area contributed by atoms with Crippen LogP contribution in [0.25, 0.3) is 0 Å². The van der Waals surface area contributed by atoms with Crippen LogP contribution >= 0.6 is 0 Å². The van der Waals surface area contributed by atoms with Crippen LogP contribution in [0, 0.1) is 5.82 Å². The molecule has 1 aliphatic heterocycles. The normalized spacial score (nSPS) is 22.9. The summed E-state index contributed by atoms with van der Waals surface area (Å²) in [7, 11) is 0. The van der Waals surface area contributed by atoms with E-state index >= 15 is 0 Å². The van der Waals surface area contributed by atoms with Crippen LogP contribution in [-0.2, 0) is 10.3 Å². The number of hydrogen-bond donors (Lipinski definition) is 1. The zero-order valence-corrected chi connectivity index (χ0v) is 10.7. The van der Waals surface area contributed by atoms with Crippen LogP contribution in [0.5, 0.6) is 0 Å². The van der Waals surface area contributed by atoms with Crippen molar-refractivity contribution < 1.29 is 14.2 Å². The van der Waals surface area contributed by atoms with Crippen molar-refractivity contribution in [3.8, 4) is 0 Å². The molecular formula is C14H20FNO2. The molecule has 2 rings (SSSR count). The number of halogens is 1. The van der Waals surface area contributed by atoms with E-state index in [2.05, 4.69) is 4.98 Å². The maximum Gasteiger partial charge on any atom is 0.141 e. The number of aliphatic hydroxyl groups is 1. The SMILES string of the molecule is CC(O)(CCCC1CCCO1)c1ccc(F)cn1. The van der Waals surface area contributed by atoms with Crippen LogP contribution in [0.1, 0.15) is 44.7 Å². The lowest BCUT2D eigenvalue weighted by Crippen LogP contribution is -2.23. The molecule has 0 saturated carbocycles. The third kappa shape index (κ3) is 3.50. The molecule has 0 aliphatic carbocycles. The molecule has 0 aromatic carbocycles. The predicted molar refractivity (Wildman–Crippen MR) is 66.6 cm³/mol. The summed E-state index contributed by atoms with van der Waals surface area (Å²) in [6, 6.07) is 2.87. The highest BCUT2D eigenvalue weighted by molar-refractivity contribution is 5.12. The molecule has 3 nitrogen and oxygen atoms in total. The van der Waals surface area contributed by atoms with E-state index in [-0.39, 0.29) is 5.82 Å². The summed E-state index contributed by atoms with van der Waals surface area (Å²) in [6.45, 7) is 2.59. The number of rotatable bonds is 5. The largest absolute Gasteiger partial charge is 0.384 e. The average Bonchev–Trinajstić information content (AvgIpc) is 2.82. The molecule has 0 radical (unpaired) electrons. The second-order valence-corrected chi connectivity index (χ2v) is 5.16. The summed E-state index contributed by atoms with van der Waals surface area (Å²) in [4.78, 5) is 3.94. The maximum absolute atomic E-state index is 12.8. The second kappa shape index (κ2) is 5.76. The van der Waals surface area contributed by atoms with Gasteiger partial charge in [0.25, 0.3) is 0 Å². The van der Waals surface area contributed by atoms with Gasteiger partial charge in [0.05, 0.1) is 18.0 Å². The number of pyridine rings is 1. The molecule has 1 N–H and O–H groups in total. The van der Waals surface area contributed by atoms with Gasteiger partial charge >= 0.3 is 0 Å². The highest BCUT2D eigenvalue weighted by Crippen LogP contribution is 2.27. The number of aromatic nitrogens is 1. The molecule has 2 unspecified atom stereocenters. The van der Waals surface area contributed by atoms with Crippen molar-refractivity contribution in [2.24, 2.45) is 0 Å². The molecule has 1 saturated heterocycles. The van der Waals surface area contributed by atoms with E-state index in [1.807, 2.05) is 0 Å². The fourth-order valence-electron chi connectivity index (χ4n) is 2.37. The highest BCUT2D eigenvalue weighted by Gasteiger charge is 2.25. The molecule has 18 heavy (non-hydrogen) atoms. The molecule has 2 heterocycles. The van der Waals surface area contributed by atoms with Gasteiger partial charge in [-0.2, -0.15) is 0 Å². The van der Waals surface area contributed by atoms with Gasteiger partial charge in [0, 0.05) is 6.61 Å². The van der Waals surface area contributed by atoms with Gasteiger partial charge in [-0.1, -0.05) is 0 Å². The first-order valence-electron chi connectivity index (χ1n) is 6.54. The van der Waals surface area contributed by atoms with Gasteiger partial charge in [-0.05, 0) is 51.2 Å². The minimum absolute atomic E-state index is 0.349. The van der Waals surface area contributed by atoms with E-state index in [4.69, 9.17) is 4.74 Å². The summed E-state index contributed by atoms with van der Waals surface area (Å²) in [5.74, 6) is -0.381. The van der Waals surface area contributed by atoms with E-state index in [1.54, 1.807) is 13.0 Å². The van der Waals surface area contributed by atoms with Crippen LogP contribution in [0.3, 0.4) is 0 Å². The third-order valence-electron chi connectivity index (χ3n) is 3.49. The topological polar surface area (TPSA) is 42.4 Å². The van der Waals surface area contributed by atoms with Crippen molar-refractivity contribution in [3.63, 3.8) is 0 Å². The standard InChI is InChI=1S/C14H20FNO2/c1-14(17,13-7-6-11(15)10-16-13)8-2-4-12-5-3-9-18-12/h6-7,10,12,17H,2-5,8-9H2,1H3. The lowest BCUT2D eigenvalue weighted by Gasteiger charge is -2.23. The molecule has 1 aromatic rings. The van der Waals surface area contributed by atoms with Crippen molar-refractivity contribution in [1.82, 2.24) is 4.98 Å². The lowest BCUT2D eigenvalue weighted by atomic mass is 9.93. The van der Waals surface area contributed by atoms with E-state index in [9.17, 15) is 9.50 Å². The van der Waals surface area contributed by atoms with Gasteiger partial charge in [-0.25, -0.2) is 4.39 Å². The lowest BCUT2D eigenvalue weighted by molar-refractivity contribution is 0.0332. The van der Waals surface area contributed by atoms with Crippen molar-refractivity contribution in [1.29, 1.82) is 0 Å². The third-order valence-corrected chi connectivity index (χ3v) is 3.49. The molecule has 1 aliphatic rings. The van der Waals surface area contributed by atoms with Crippen LogP contribution in [0.15, 0.2) is 18.3 Å². The summed E-state index contributed by atoms with van der Waals surface area (Å²) >= 11 is 0. The van der Waals surface area contributed by atoms with Crippen molar-refractivity contribution in [2.75, 3.05) is 6.61 Å². The van der Waals surface area contributed by atoms with Gasteiger partial charge in [-0.3, -0.25) is 4.98 Å². The van der Waals surface area contributed by atoms with E-state index in [0.29, 0.717) is 18.2 Å². The monoisotopic (exact) mass is 253 g/mol. The summed E-state index contributed by atoms with van der Waals surface area (Å²) in [6.07, 6.45) is 6.23. The first kappa shape index (κ1) is 13.4. The molecule has 100 valence electrons. The van der Waals surface area contributed by atoms with Crippen LogP contribution in [-0.4, -0.2) is 22.8 Å². The summed E-state index contributed by atoms with van der Waals surface area (Å²) in [5, 5.41) is 10.3. The van der Waals surface area contributed by atoms with Gasteiger partial charge in [0.15, 0.2) is 0 Å². The quantitative estimate of drug-likeness (QED) is 0.877. The van der Waals surface area contributed by atoms with Crippen molar-refractivity contribution >= 4 is 0 Å². The fraction of sp³-hybridized carbons (Fsp3) is 0.643. The zero-order valence-electron chi connectivity index (χ0n) is 10.7. The Bertz CT molecular complexity index is 372. The maximum atomic E-state index is 12.8. The molecule has 0 spiro atoms. The highest BCUT2D eigenvalue weighted by atomic mass is 19.1. The van der Waals surface area contributed by atoms with E-state index in [1.165, 1.54) is 6.07 Å². The molecular weight excluding hydrogens is 233 g/mol. The Kier molecular flexibility index (Phi) is 4.30. The van der Waals surface area contributed by atoms with Crippen molar-refractivity contribution in [3.05, 3.63) is 29.8 Å². The Morgan fingerprint density at radius 3 is 3.00 bits per heavy atom. The fourth-order valence-corrected chi connectivity index (χ4v) is 2.37. The van der Waals surface area contributed by atoms with Gasteiger partial charge in [0.1, 0.15) is 11.4 Å². The second-order valence-electron chi connectivity index (χ2n) is 5.16. The number of hydrogen-bond acceptors (Lipinski definition) is 3. The minimum Gasteiger partial charge on any atom is -0.384 e. The molecule has 0 bridgehead atoms. The Balaban J connectivity index is 1.84. The molecule has 2 atom stereocenters. The van der Waals surface area contributed by atoms with Gasteiger partial charge < -0.3 is 9.84 Å². The van der Waals surface area contributed by atoms with Gasteiger partial charge in [0.2, 0.25) is 0 Å². The Morgan fingerprint density at radius 1 is 1.56 bits per heavy atom. The Labute approximate surface area is 107 Å². The van der Waals surface area contributed by atoms with Crippen LogP contribution in [0.4, 0.5) is 4.39 Å². The van der Waals surface area contributed by atoms with Crippen LogP contribution in [0.2, 0.25) is 0 Å². The first-order chi connectivity index (χ1) is 8.58. The predicted octanol–water partition coefficient (Wildman–Crippen LogP) is 2.78. The van der Waals surface area contributed by atoms with Gasteiger partial charge in [-0.15, -0.1) is 0 Å². The Morgan fingerprint density at radius 2 is 2.39 bits per heavy atom. The molecule has 1 fully saturated rings. The van der Waals surface area contributed by atoms with Crippen molar-refractivity contribution in [2.45, 2.75) is 50.7 Å². The molecule has 4 heteroatoms. The number of ether oxygens (including phenoxy) is 1. The number of nitrogens with zero attached hydrogens (tertiary/aromatic N) is 1. The van der Waals surface area contributed by atoms with E-state index < -0.39 is 5.60 Å². The molecule has 1 aromatic heterocycles. The molecule has 0 amide bonds. The van der Waals surface area contributed by atoms with Crippen LogP contribution < -0.4 is 0 Å². The van der Waals surface area contributed by atoms with E-state index in [0.717, 1.165) is 38.5 Å². The summed E-state index contributed by atoms with van der Waals surface area (Å²) < 4.78 is 18.3. The Hall–Kier alpha value is -1.00. The summed E-state index contributed by atoms with van der Waals surface area (Å²) in [5.41, 5.74) is -0.469. The zero-order chi connectivity index (χ0) is 13.0. The minimum atomic E-state index is -0.994. The first-order valence-corrected chi connectivity index (χ1v) is 6.54.